The monoisotopic (exact) mass is 284 g/mol. The zero-order valence-corrected chi connectivity index (χ0v) is 12.7. The Balaban J connectivity index is 3.28. The molecule has 118 valence electrons. The summed E-state index contributed by atoms with van der Waals surface area (Å²) in [4.78, 5) is 0. The van der Waals surface area contributed by atoms with Gasteiger partial charge in [-0.25, -0.2) is 0 Å². The van der Waals surface area contributed by atoms with Gasteiger partial charge < -0.3 is 15.3 Å². The Labute approximate surface area is 124 Å². The van der Waals surface area contributed by atoms with Gasteiger partial charge in [-0.05, 0) is 25.7 Å². The number of aliphatic hydroxyl groups excluding tert-OH is 3. The van der Waals surface area contributed by atoms with Gasteiger partial charge in [0.05, 0.1) is 18.8 Å². The fourth-order valence-corrected chi connectivity index (χ4v) is 2.12. The van der Waals surface area contributed by atoms with E-state index in [0.717, 1.165) is 19.3 Å². The van der Waals surface area contributed by atoms with Crippen LogP contribution >= 0.6 is 0 Å². The molecule has 3 heteroatoms. The lowest BCUT2D eigenvalue weighted by Crippen LogP contribution is -2.19. The maximum atomic E-state index is 9.53. The van der Waals surface area contributed by atoms with Gasteiger partial charge in [-0.3, -0.25) is 0 Å². The molecule has 0 radical (unpaired) electrons. The second kappa shape index (κ2) is 14.8. The predicted octanol–water partition coefficient (Wildman–Crippen LogP) is 3.34. The van der Waals surface area contributed by atoms with Crippen molar-refractivity contribution in [3.8, 4) is 0 Å². The number of unbranched alkanes of at least 4 members (excludes halogenated alkanes) is 8. The molecule has 0 rings (SSSR count). The Morgan fingerprint density at radius 2 is 1.40 bits per heavy atom. The lowest BCUT2D eigenvalue weighted by atomic mass is 10.1. The van der Waals surface area contributed by atoms with Gasteiger partial charge in [-0.1, -0.05) is 50.3 Å². The van der Waals surface area contributed by atoms with Crippen molar-refractivity contribution in [2.45, 2.75) is 76.4 Å². The summed E-state index contributed by atoms with van der Waals surface area (Å²) in [7, 11) is 0. The predicted molar refractivity (Wildman–Crippen MR) is 84.6 cm³/mol. The highest BCUT2D eigenvalue weighted by Crippen LogP contribution is 2.10. The van der Waals surface area contributed by atoms with Crippen LogP contribution in [0, 0.1) is 0 Å². The van der Waals surface area contributed by atoms with Gasteiger partial charge >= 0.3 is 0 Å². The lowest BCUT2D eigenvalue weighted by molar-refractivity contribution is 0.0556. The first-order valence-corrected chi connectivity index (χ1v) is 7.95. The second-order valence-electron chi connectivity index (χ2n) is 5.41. The minimum atomic E-state index is -0.823. The van der Waals surface area contributed by atoms with Crippen molar-refractivity contribution in [2.24, 2.45) is 0 Å². The molecular formula is C17H32O3. The van der Waals surface area contributed by atoms with E-state index in [9.17, 15) is 5.11 Å². The van der Waals surface area contributed by atoms with Crippen molar-refractivity contribution in [3.05, 3.63) is 24.8 Å². The van der Waals surface area contributed by atoms with Crippen LogP contribution in [-0.2, 0) is 0 Å². The van der Waals surface area contributed by atoms with E-state index < -0.39 is 12.2 Å². The molecule has 0 bridgehead atoms. The maximum absolute atomic E-state index is 9.53. The summed E-state index contributed by atoms with van der Waals surface area (Å²) in [5, 5.41) is 27.3. The number of hydrogen-bond donors (Lipinski definition) is 3. The third-order valence-electron chi connectivity index (χ3n) is 3.36. The van der Waals surface area contributed by atoms with Crippen LogP contribution in [0.4, 0.5) is 0 Å². The maximum Gasteiger partial charge on any atom is 0.0798 e. The van der Waals surface area contributed by atoms with Gasteiger partial charge in [0.25, 0.3) is 0 Å². The van der Waals surface area contributed by atoms with Crippen molar-refractivity contribution < 1.29 is 15.3 Å². The zero-order valence-electron chi connectivity index (χ0n) is 12.7. The fourth-order valence-electron chi connectivity index (χ4n) is 2.12. The molecule has 0 aromatic heterocycles. The molecule has 0 aromatic rings. The number of aliphatic hydroxyl groups is 3. The first kappa shape index (κ1) is 19.4. The van der Waals surface area contributed by atoms with E-state index in [1.54, 1.807) is 6.08 Å². The van der Waals surface area contributed by atoms with Crippen LogP contribution < -0.4 is 0 Å². The van der Waals surface area contributed by atoms with Crippen molar-refractivity contribution >= 4 is 0 Å². The molecule has 0 saturated heterocycles. The third kappa shape index (κ3) is 13.8. The summed E-state index contributed by atoms with van der Waals surface area (Å²) in [6.45, 7) is 3.42. The topological polar surface area (TPSA) is 60.7 Å². The number of rotatable bonds is 14. The average Bonchev–Trinajstić information content (AvgIpc) is 2.44. The Morgan fingerprint density at radius 3 is 1.95 bits per heavy atom. The Kier molecular flexibility index (Phi) is 14.3. The molecule has 3 N–H and O–H groups in total. The van der Waals surface area contributed by atoms with Crippen molar-refractivity contribution in [3.63, 3.8) is 0 Å². The normalized spacial score (nSPS) is 14.6. The van der Waals surface area contributed by atoms with Crippen molar-refractivity contribution in [2.75, 3.05) is 6.61 Å². The largest absolute Gasteiger partial charge is 0.394 e. The molecule has 0 saturated carbocycles. The SMILES string of the molecule is C=CCCCCCCCCC/C=C/[C@@H](O)C[C@H](O)CO. The summed E-state index contributed by atoms with van der Waals surface area (Å²) in [5.41, 5.74) is 0. The van der Waals surface area contributed by atoms with E-state index >= 15 is 0 Å². The summed E-state index contributed by atoms with van der Waals surface area (Å²) in [6, 6.07) is 0. The summed E-state index contributed by atoms with van der Waals surface area (Å²) in [6.07, 6.45) is 15.4. The zero-order chi connectivity index (χ0) is 15.1. The molecule has 3 nitrogen and oxygen atoms in total. The van der Waals surface area contributed by atoms with Crippen LogP contribution in [0.1, 0.15) is 64.2 Å². The lowest BCUT2D eigenvalue weighted by Gasteiger charge is -2.09. The molecule has 0 aliphatic carbocycles. The van der Waals surface area contributed by atoms with Crippen LogP contribution in [-0.4, -0.2) is 34.1 Å². The first-order chi connectivity index (χ1) is 9.70. The average molecular weight is 284 g/mol. The van der Waals surface area contributed by atoms with Crippen LogP contribution in [0.3, 0.4) is 0 Å². The van der Waals surface area contributed by atoms with E-state index in [4.69, 9.17) is 10.2 Å². The van der Waals surface area contributed by atoms with Gasteiger partial charge in [-0.2, -0.15) is 0 Å². The van der Waals surface area contributed by atoms with Crippen LogP contribution in [0.25, 0.3) is 0 Å². The molecule has 0 aliphatic rings. The molecule has 0 aliphatic heterocycles. The van der Waals surface area contributed by atoms with E-state index in [1.165, 1.54) is 38.5 Å². The van der Waals surface area contributed by atoms with E-state index in [1.807, 2.05) is 12.2 Å². The molecule has 0 fully saturated rings. The van der Waals surface area contributed by atoms with Crippen LogP contribution in [0.15, 0.2) is 24.8 Å². The van der Waals surface area contributed by atoms with E-state index in [-0.39, 0.29) is 13.0 Å². The van der Waals surface area contributed by atoms with Crippen molar-refractivity contribution in [1.82, 2.24) is 0 Å². The van der Waals surface area contributed by atoms with Gasteiger partial charge in [0.1, 0.15) is 0 Å². The summed E-state index contributed by atoms with van der Waals surface area (Å²) >= 11 is 0. The highest BCUT2D eigenvalue weighted by atomic mass is 16.3. The quantitative estimate of drug-likeness (QED) is 0.339. The van der Waals surface area contributed by atoms with Gasteiger partial charge in [0.2, 0.25) is 0 Å². The molecule has 0 aromatic carbocycles. The van der Waals surface area contributed by atoms with Crippen molar-refractivity contribution in [1.29, 1.82) is 0 Å². The minimum Gasteiger partial charge on any atom is -0.394 e. The smallest absolute Gasteiger partial charge is 0.0798 e. The molecule has 0 spiro atoms. The Morgan fingerprint density at radius 1 is 0.850 bits per heavy atom. The standard InChI is InChI=1S/C17H32O3/c1-2-3-4-5-6-7-8-9-10-11-12-13-16(19)14-17(20)15-18/h2,12-13,16-20H,1,3-11,14-15H2/b13-12+/t16-,17+/m1/s1. The molecular weight excluding hydrogens is 252 g/mol. The summed E-state index contributed by atoms with van der Waals surface area (Å²) < 4.78 is 0. The number of hydrogen-bond acceptors (Lipinski definition) is 3. The van der Waals surface area contributed by atoms with E-state index in [0.29, 0.717) is 0 Å². The van der Waals surface area contributed by atoms with Gasteiger partial charge in [-0.15, -0.1) is 6.58 Å². The minimum absolute atomic E-state index is 0.206. The van der Waals surface area contributed by atoms with Crippen LogP contribution in [0.5, 0.6) is 0 Å². The van der Waals surface area contributed by atoms with E-state index in [2.05, 4.69) is 6.58 Å². The highest BCUT2D eigenvalue weighted by Gasteiger charge is 2.07. The van der Waals surface area contributed by atoms with Gasteiger partial charge in [0, 0.05) is 6.42 Å². The molecule has 20 heavy (non-hydrogen) atoms. The van der Waals surface area contributed by atoms with Gasteiger partial charge in [0.15, 0.2) is 0 Å². The second-order valence-corrected chi connectivity index (χ2v) is 5.41. The molecule has 0 amide bonds. The van der Waals surface area contributed by atoms with Crippen LogP contribution in [0.2, 0.25) is 0 Å². The molecule has 0 unspecified atom stereocenters. The third-order valence-corrected chi connectivity index (χ3v) is 3.36. The highest BCUT2D eigenvalue weighted by molar-refractivity contribution is 4.89. The first-order valence-electron chi connectivity index (χ1n) is 7.95. The Hall–Kier alpha value is -0.640. The Bertz CT molecular complexity index is 238. The molecule has 0 heterocycles. The number of allylic oxidation sites excluding steroid dienone is 2. The summed E-state index contributed by atoms with van der Waals surface area (Å²) in [5.74, 6) is 0. The molecule has 2 atom stereocenters. The fraction of sp³-hybridized carbons (Fsp3) is 0.765.